The van der Waals surface area contributed by atoms with E-state index in [0.29, 0.717) is 24.3 Å². The van der Waals surface area contributed by atoms with Crippen LogP contribution in [0.5, 0.6) is 0 Å². The quantitative estimate of drug-likeness (QED) is 0.834. The molecule has 2 amide bonds. The van der Waals surface area contributed by atoms with Gasteiger partial charge in [-0.2, -0.15) is 0 Å². The highest BCUT2D eigenvalue weighted by Gasteiger charge is 2.54. The number of hydrogen-bond donors (Lipinski definition) is 1. The summed E-state index contributed by atoms with van der Waals surface area (Å²) in [5, 5.41) is 9.65. The highest BCUT2D eigenvalue weighted by Crippen LogP contribution is 2.48. The van der Waals surface area contributed by atoms with Gasteiger partial charge in [0, 0.05) is 50.2 Å². The van der Waals surface area contributed by atoms with Gasteiger partial charge in [-0.1, -0.05) is 6.92 Å². The molecule has 0 radical (unpaired) electrons. The van der Waals surface area contributed by atoms with Crippen molar-refractivity contribution in [3.8, 4) is 0 Å². The Bertz CT molecular complexity index is 557. The van der Waals surface area contributed by atoms with Crippen LogP contribution in [-0.2, 0) is 4.79 Å². The van der Waals surface area contributed by atoms with E-state index in [0.717, 1.165) is 71.1 Å². The molecule has 6 nitrogen and oxygen atoms in total. The third-order valence-corrected chi connectivity index (χ3v) is 7.52. The van der Waals surface area contributed by atoms with Crippen molar-refractivity contribution < 1.29 is 14.7 Å². The Labute approximate surface area is 156 Å². The summed E-state index contributed by atoms with van der Waals surface area (Å²) in [5.41, 5.74) is -0.145. The summed E-state index contributed by atoms with van der Waals surface area (Å²) in [6.45, 7) is 6.07. The summed E-state index contributed by atoms with van der Waals surface area (Å²) in [7, 11) is 0. The van der Waals surface area contributed by atoms with E-state index in [1.54, 1.807) is 4.90 Å². The van der Waals surface area contributed by atoms with Crippen LogP contribution in [0, 0.1) is 5.92 Å². The lowest BCUT2D eigenvalue weighted by Crippen LogP contribution is -2.62. The van der Waals surface area contributed by atoms with Crippen molar-refractivity contribution in [2.24, 2.45) is 5.92 Å². The Balaban J connectivity index is 1.30. The summed E-state index contributed by atoms with van der Waals surface area (Å²) in [6, 6.07) is 0.694. The maximum atomic E-state index is 12.4. The molecule has 0 saturated carbocycles. The normalized spacial score (nSPS) is 35.4. The van der Waals surface area contributed by atoms with Gasteiger partial charge in [0.1, 0.15) is 0 Å². The highest BCUT2D eigenvalue weighted by molar-refractivity contribution is 5.76. The second kappa shape index (κ2) is 7.02. The maximum absolute atomic E-state index is 12.4. The molecule has 0 aliphatic carbocycles. The number of carbonyl (C=O) groups is 2. The van der Waals surface area contributed by atoms with Crippen molar-refractivity contribution in [2.75, 3.05) is 26.2 Å². The molecule has 3 atom stereocenters. The number of carbonyl (C=O) groups excluding carboxylic acids is 1. The zero-order chi connectivity index (χ0) is 18.3. The SMILES string of the molecule is CCC12CCC(CC(N3CC(CC(=O)N4CCCCC4)C3)C1)N2C(=O)O. The number of carboxylic acid groups (broad SMARTS) is 1. The van der Waals surface area contributed by atoms with Gasteiger partial charge in [0.05, 0.1) is 0 Å². The molecule has 146 valence electrons. The standard InChI is InChI=1S/C20H33N3O3/c1-2-20-7-6-16(23(20)19(25)26)11-17(12-20)22-13-15(14-22)10-18(24)21-8-4-3-5-9-21/h15-17H,2-14H2,1H3,(H,25,26). The van der Waals surface area contributed by atoms with Crippen LogP contribution in [0.4, 0.5) is 4.79 Å². The number of amides is 2. The largest absolute Gasteiger partial charge is 0.465 e. The van der Waals surface area contributed by atoms with E-state index in [4.69, 9.17) is 0 Å². The van der Waals surface area contributed by atoms with Crippen LogP contribution < -0.4 is 0 Å². The first-order chi connectivity index (χ1) is 12.5. The molecule has 26 heavy (non-hydrogen) atoms. The minimum atomic E-state index is -0.735. The average molecular weight is 364 g/mol. The van der Waals surface area contributed by atoms with Gasteiger partial charge in [-0.25, -0.2) is 4.79 Å². The van der Waals surface area contributed by atoms with Crippen molar-refractivity contribution in [1.29, 1.82) is 0 Å². The van der Waals surface area contributed by atoms with Crippen molar-refractivity contribution >= 4 is 12.0 Å². The molecular weight excluding hydrogens is 330 g/mol. The van der Waals surface area contributed by atoms with Gasteiger partial charge in [0.25, 0.3) is 0 Å². The highest BCUT2D eigenvalue weighted by atomic mass is 16.4. The van der Waals surface area contributed by atoms with Crippen LogP contribution in [0.3, 0.4) is 0 Å². The zero-order valence-electron chi connectivity index (χ0n) is 16.0. The predicted octanol–water partition coefficient (Wildman–Crippen LogP) is 2.77. The van der Waals surface area contributed by atoms with E-state index in [-0.39, 0.29) is 11.6 Å². The number of fused-ring (bicyclic) bond motifs is 2. The molecule has 0 aromatic carbocycles. The van der Waals surface area contributed by atoms with Crippen LogP contribution in [-0.4, -0.2) is 75.6 Å². The number of likely N-dealkylation sites (tertiary alicyclic amines) is 2. The van der Waals surface area contributed by atoms with Gasteiger partial charge >= 0.3 is 6.09 Å². The topological polar surface area (TPSA) is 64.1 Å². The van der Waals surface area contributed by atoms with Gasteiger partial charge in [0.2, 0.25) is 5.91 Å². The van der Waals surface area contributed by atoms with E-state index in [1.807, 2.05) is 0 Å². The fourth-order valence-corrected chi connectivity index (χ4v) is 6.02. The van der Waals surface area contributed by atoms with Crippen molar-refractivity contribution in [3.63, 3.8) is 0 Å². The molecule has 4 aliphatic rings. The van der Waals surface area contributed by atoms with E-state index in [1.165, 1.54) is 6.42 Å². The first kappa shape index (κ1) is 18.1. The van der Waals surface area contributed by atoms with Crippen LogP contribution >= 0.6 is 0 Å². The van der Waals surface area contributed by atoms with Gasteiger partial charge in [-0.05, 0) is 57.3 Å². The van der Waals surface area contributed by atoms with Gasteiger partial charge in [-0.15, -0.1) is 0 Å². The summed E-state index contributed by atoms with van der Waals surface area (Å²) < 4.78 is 0. The summed E-state index contributed by atoms with van der Waals surface area (Å²) in [6.07, 6.45) is 8.43. The second-order valence-corrected chi connectivity index (χ2v) is 8.98. The van der Waals surface area contributed by atoms with E-state index in [2.05, 4.69) is 16.7 Å². The molecule has 4 aliphatic heterocycles. The smallest absolute Gasteiger partial charge is 0.408 e. The van der Waals surface area contributed by atoms with Crippen LogP contribution in [0.15, 0.2) is 0 Å². The lowest BCUT2D eigenvalue weighted by atomic mass is 9.80. The third kappa shape index (κ3) is 3.10. The predicted molar refractivity (Wildman–Crippen MR) is 99.0 cm³/mol. The fraction of sp³-hybridized carbons (Fsp3) is 0.900. The Kier molecular flexibility index (Phi) is 4.88. The van der Waals surface area contributed by atoms with Gasteiger partial charge < -0.3 is 10.0 Å². The Morgan fingerprint density at radius 3 is 2.50 bits per heavy atom. The Hall–Kier alpha value is -1.30. The number of nitrogens with zero attached hydrogens (tertiary/aromatic N) is 3. The molecule has 0 aromatic rings. The van der Waals surface area contributed by atoms with Crippen LogP contribution in [0.25, 0.3) is 0 Å². The molecule has 3 unspecified atom stereocenters. The molecular formula is C20H33N3O3. The molecule has 1 N–H and O–H groups in total. The van der Waals surface area contributed by atoms with E-state index >= 15 is 0 Å². The third-order valence-electron chi connectivity index (χ3n) is 7.52. The molecule has 0 spiro atoms. The fourth-order valence-electron chi connectivity index (χ4n) is 6.02. The van der Waals surface area contributed by atoms with E-state index < -0.39 is 6.09 Å². The minimum Gasteiger partial charge on any atom is -0.465 e. The second-order valence-electron chi connectivity index (χ2n) is 8.98. The van der Waals surface area contributed by atoms with Crippen LogP contribution in [0.1, 0.15) is 64.7 Å². The molecule has 4 heterocycles. The van der Waals surface area contributed by atoms with E-state index in [9.17, 15) is 14.7 Å². The monoisotopic (exact) mass is 363 g/mol. The van der Waals surface area contributed by atoms with Gasteiger partial charge in [0.15, 0.2) is 0 Å². The Morgan fingerprint density at radius 2 is 1.85 bits per heavy atom. The number of hydrogen-bond acceptors (Lipinski definition) is 3. The summed E-state index contributed by atoms with van der Waals surface area (Å²) in [4.78, 5) is 30.5. The van der Waals surface area contributed by atoms with Crippen molar-refractivity contribution in [1.82, 2.24) is 14.7 Å². The van der Waals surface area contributed by atoms with Gasteiger partial charge in [-0.3, -0.25) is 14.6 Å². The first-order valence-corrected chi connectivity index (χ1v) is 10.6. The number of piperidine rings is 2. The molecule has 2 bridgehead atoms. The zero-order valence-corrected chi connectivity index (χ0v) is 16.0. The number of rotatable bonds is 4. The first-order valence-electron chi connectivity index (χ1n) is 10.6. The minimum absolute atomic E-state index is 0.145. The lowest BCUT2D eigenvalue weighted by molar-refractivity contribution is -0.135. The average Bonchev–Trinajstić information content (AvgIpc) is 2.86. The molecule has 0 aromatic heterocycles. The molecule has 4 fully saturated rings. The van der Waals surface area contributed by atoms with Crippen molar-refractivity contribution in [3.05, 3.63) is 0 Å². The summed E-state index contributed by atoms with van der Waals surface area (Å²) >= 11 is 0. The summed E-state index contributed by atoms with van der Waals surface area (Å²) in [5.74, 6) is 0.845. The molecule has 6 heteroatoms. The molecule has 4 rings (SSSR count). The lowest BCUT2D eigenvalue weighted by Gasteiger charge is -2.53. The maximum Gasteiger partial charge on any atom is 0.408 e. The van der Waals surface area contributed by atoms with Crippen molar-refractivity contribution in [2.45, 2.75) is 82.3 Å². The van der Waals surface area contributed by atoms with Crippen LogP contribution in [0.2, 0.25) is 0 Å². The molecule has 4 saturated heterocycles. The Morgan fingerprint density at radius 1 is 1.12 bits per heavy atom.